The van der Waals surface area contributed by atoms with Gasteiger partial charge in [0.1, 0.15) is 10.7 Å². The van der Waals surface area contributed by atoms with Crippen molar-refractivity contribution >= 4 is 17.2 Å². The van der Waals surface area contributed by atoms with E-state index >= 15 is 0 Å². The third-order valence-electron chi connectivity index (χ3n) is 5.73. The van der Waals surface area contributed by atoms with Crippen LogP contribution in [-0.2, 0) is 5.41 Å². The maximum atomic E-state index is 6.19. The third kappa shape index (κ3) is 4.04. The van der Waals surface area contributed by atoms with Crippen LogP contribution in [0.25, 0.3) is 0 Å². The van der Waals surface area contributed by atoms with E-state index in [1.807, 2.05) is 0 Å². The van der Waals surface area contributed by atoms with Crippen LogP contribution >= 0.6 is 12.2 Å². The first-order chi connectivity index (χ1) is 11.5. The molecule has 2 nitrogen and oxygen atoms in total. The van der Waals surface area contributed by atoms with Gasteiger partial charge in [-0.3, -0.25) is 0 Å². The minimum atomic E-state index is 0.0361. The van der Waals surface area contributed by atoms with Crippen molar-refractivity contribution in [3.05, 3.63) is 23.7 Å². The normalized spacial score (nSPS) is 21.0. The van der Waals surface area contributed by atoms with Crippen molar-refractivity contribution in [1.82, 2.24) is 4.90 Å². The van der Waals surface area contributed by atoms with Crippen molar-refractivity contribution in [3.8, 4) is 0 Å². The fourth-order valence-electron chi connectivity index (χ4n) is 4.33. The van der Waals surface area contributed by atoms with Gasteiger partial charge in [0.15, 0.2) is 5.76 Å². The molecule has 0 amide bonds. The van der Waals surface area contributed by atoms with Gasteiger partial charge in [0.2, 0.25) is 0 Å². The number of thiocarbonyl (C=S) groups is 1. The lowest BCUT2D eigenvalue weighted by Crippen LogP contribution is -2.48. The van der Waals surface area contributed by atoms with Crippen LogP contribution in [0.5, 0.6) is 0 Å². The van der Waals surface area contributed by atoms with Crippen molar-refractivity contribution in [2.45, 2.75) is 102 Å². The van der Waals surface area contributed by atoms with Gasteiger partial charge < -0.3 is 9.32 Å². The Labute approximate surface area is 153 Å². The van der Waals surface area contributed by atoms with Gasteiger partial charge in [0.05, 0.1) is 0 Å². The highest BCUT2D eigenvalue weighted by atomic mass is 32.1. The van der Waals surface area contributed by atoms with Crippen molar-refractivity contribution in [2.24, 2.45) is 0 Å². The molecule has 2 aliphatic carbocycles. The van der Waals surface area contributed by atoms with Crippen molar-refractivity contribution < 1.29 is 4.42 Å². The summed E-state index contributed by atoms with van der Waals surface area (Å²) >= 11 is 5.97. The van der Waals surface area contributed by atoms with Crippen LogP contribution in [0.2, 0.25) is 0 Å². The second kappa shape index (κ2) is 7.59. The van der Waals surface area contributed by atoms with Crippen LogP contribution in [0.4, 0.5) is 0 Å². The van der Waals surface area contributed by atoms with E-state index in [-0.39, 0.29) is 5.41 Å². The summed E-state index contributed by atoms with van der Waals surface area (Å²) in [4.78, 5) is 3.56. The molecule has 0 unspecified atom stereocenters. The van der Waals surface area contributed by atoms with Crippen molar-refractivity contribution in [1.29, 1.82) is 0 Å². The van der Waals surface area contributed by atoms with Crippen LogP contribution < -0.4 is 0 Å². The van der Waals surface area contributed by atoms with Gasteiger partial charge in [0, 0.05) is 17.5 Å². The summed E-state index contributed by atoms with van der Waals surface area (Å²) in [6.45, 7) is 6.58. The van der Waals surface area contributed by atoms with E-state index in [1.54, 1.807) is 0 Å². The Kier molecular flexibility index (Phi) is 5.69. The lowest BCUT2D eigenvalue weighted by molar-refractivity contribution is 0.159. The van der Waals surface area contributed by atoms with E-state index in [0.717, 1.165) is 16.5 Å². The van der Waals surface area contributed by atoms with Gasteiger partial charge in [-0.2, -0.15) is 0 Å². The van der Waals surface area contributed by atoms with Gasteiger partial charge in [-0.05, 0) is 37.8 Å². The molecule has 1 aromatic heterocycles. The van der Waals surface area contributed by atoms with Crippen LogP contribution in [0.15, 0.2) is 16.5 Å². The zero-order chi connectivity index (χ0) is 17.2. The Bertz CT molecular complexity index is 526. The molecule has 2 fully saturated rings. The standard InChI is InChI=1S/C21H33NOS/c1-21(2,3)19-15-14-18(23-19)20(24)22(16-10-6-4-7-11-16)17-12-8-5-9-13-17/h14-17H,4-13H2,1-3H3. The van der Waals surface area contributed by atoms with Gasteiger partial charge in [-0.15, -0.1) is 0 Å². The fourth-order valence-corrected chi connectivity index (χ4v) is 4.74. The Morgan fingerprint density at radius 2 is 1.42 bits per heavy atom. The van der Waals surface area contributed by atoms with Crippen LogP contribution in [0.1, 0.15) is 96.5 Å². The molecule has 0 N–H and O–H groups in total. The lowest BCUT2D eigenvalue weighted by Gasteiger charge is -2.43. The van der Waals surface area contributed by atoms with Crippen LogP contribution in [0, 0.1) is 0 Å². The topological polar surface area (TPSA) is 16.4 Å². The van der Waals surface area contributed by atoms with E-state index in [9.17, 15) is 0 Å². The first-order valence-corrected chi connectivity index (χ1v) is 10.3. The highest BCUT2D eigenvalue weighted by Crippen LogP contribution is 2.33. The average Bonchev–Trinajstić information content (AvgIpc) is 3.07. The van der Waals surface area contributed by atoms with Crippen LogP contribution in [-0.4, -0.2) is 22.0 Å². The van der Waals surface area contributed by atoms with E-state index in [4.69, 9.17) is 16.6 Å². The summed E-state index contributed by atoms with van der Waals surface area (Å²) in [6.07, 6.45) is 13.3. The molecule has 0 spiro atoms. The molecule has 134 valence electrons. The molecular formula is C21H33NOS. The Morgan fingerprint density at radius 3 is 1.83 bits per heavy atom. The first kappa shape index (κ1) is 18.0. The molecule has 3 heteroatoms. The summed E-state index contributed by atoms with van der Waals surface area (Å²) in [7, 11) is 0. The number of rotatable bonds is 3. The van der Waals surface area contributed by atoms with Gasteiger partial charge in [-0.1, -0.05) is 71.5 Å². The monoisotopic (exact) mass is 347 g/mol. The maximum Gasteiger partial charge on any atom is 0.161 e. The predicted molar refractivity (Wildman–Crippen MR) is 105 cm³/mol. The smallest absolute Gasteiger partial charge is 0.161 e. The molecule has 2 aliphatic rings. The van der Waals surface area contributed by atoms with Gasteiger partial charge in [0.25, 0.3) is 0 Å². The molecule has 2 saturated carbocycles. The SMILES string of the molecule is CC(C)(C)c1ccc(C(=S)N(C2CCCCC2)C2CCCCC2)o1. The summed E-state index contributed by atoms with van der Waals surface area (Å²) in [5, 5.41) is 0. The molecule has 1 heterocycles. The maximum absolute atomic E-state index is 6.19. The zero-order valence-corrected chi connectivity index (χ0v) is 16.5. The highest BCUT2D eigenvalue weighted by Gasteiger charge is 2.32. The number of hydrogen-bond donors (Lipinski definition) is 0. The van der Waals surface area contributed by atoms with Gasteiger partial charge in [-0.25, -0.2) is 0 Å². The molecular weight excluding hydrogens is 314 g/mol. The highest BCUT2D eigenvalue weighted by molar-refractivity contribution is 7.80. The lowest BCUT2D eigenvalue weighted by atomic mass is 9.88. The molecule has 3 rings (SSSR count). The Hall–Kier alpha value is -0.830. The van der Waals surface area contributed by atoms with E-state index < -0.39 is 0 Å². The van der Waals surface area contributed by atoms with E-state index in [0.29, 0.717) is 12.1 Å². The van der Waals surface area contributed by atoms with Gasteiger partial charge >= 0.3 is 0 Å². The second-order valence-electron chi connectivity index (χ2n) is 8.71. The minimum absolute atomic E-state index is 0.0361. The van der Waals surface area contributed by atoms with Crippen LogP contribution in [0.3, 0.4) is 0 Å². The molecule has 0 saturated heterocycles. The van der Waals surface area contributed by atoms with E-state index in [2.05, 4.69) is 37.8 Å². The molecule has 0 aliphatic heterocycles. The molecule has 1 aromatic rings. The number of furan rings is 1. The molecule has 0 atom stereocenters. The molecule has 0 bridgehead atoms. The number of hydrogen-bond acceptors (Lipinski definition) is 2. The zero-order valence-electron chi connectivity index (χ0n) is 15.6. The van der Waals surface area contributed by atoms with E-state index in [1.165, 1.54) is 64.2 Å². The fraction of sp³-hybridized carbons (Fsp3) is 0.762. The quantitative estimate of drug-likeness (QED) is 0.604. The third-order valence-corrected chi connectivity index (χ3v) is 6.14. The molecule has 24 heavy (non-hydrogen) atoms. The predicted octanol–water partition coefficient (Wildman–Crippen LogP) is 6.22. The average molecular weight is 348 g/mol. The Balaban J connectivity index is 1.83. The summed E-state index contributed by atoms with van der Waals surface area (Å²) in [5.41, 5.74) is 0.0361. The summed E-state index contributed by atoms with van der Waals surface area (Å²) in [5.74, 6) is 1.94. The minimum Gasteiger partial charge on any atom is -0.458 e. The molecule has 0 aromatic carbocycles. The largest absolute Gasteiger partial charge is 0.458 e. The first-order valence-electron chi connectivity index (χ1n) is 9.90. The van der Waals surface area contributed by atoms with Crippen molar-refractivity contribution in [2.75, 3.05) is 0 Å². The Morgan fingerprint density at radius 1 is 0.917 bits per heavy atom. The van der Waals surface area contributed by atoms with Crippen molar-refractivity contribution in [3.63, 3.8) is 0 Å². The number of nitrogens with zero attached hydrogens (tertiary/aromatic N) is 1. The summed E-state index contributed by atoms with van der Waals surface area (Å²) in [6, 6.07) is 5.46. The second-order valence-corrected chi connectivity index (χ2v) is 9.10. The summed E-state index contributed by atoms with van der Waals surface area (Å²) < 4.78 is 6.19. The molecule has 0 radical (unpaired) electrons.